The van der Waals surface area contributed by atoms with Gasteiger partial charge in [0.25, 0.3) is 0 Å². The van der Waals surface area contributed by atoms with Gasteiger partial charge in [0, 0.05) is 0 Å². The molecule has 2 atom stereocenters. The Labute approximate surface area is 61.6 Å². The maximum absolute atomic E-state index is 10.2. The lowest BCUT2D eigenvalue weighted by molar-refractivity contribution is -0.419. The molecule has 2 heterocycles. The minimum absolute atomic E-state index is 1.57. The molecule has 0 spiro atoms. The van der Waals surface area contributed by atoms with Crippen LogP contribution in [0.4, 0.5) is 0 Å². The Bertz CT molecular complexity index is 220. The molecule has 2 fully saturated rings. The summed E-state index contributed by atoms with van der Waals surface area (Å²) in [5.41, 5.74) is 0. The van der Waals surface area contributed by atoms with E-state index in [1.54, 1.807) is 0 Å². The second-order valence-corrected chi connectivity index (χ2v) is 3.11. The molecule has 0 amide bonds. The quantitative estimate of drug-likeness (QED) is 0.294. The van der Waals surface area contributed by atoms with Crippen LogP contribution in [0.2, 0.25) is 0 Å². The number of aliphatic hydroxyl groups is 3. The fourth-order valence-electron chi connectivity index (χ4n) is 0.746. The van der Waals surface area contributed by atoms with Crippen LogP contribution in [-0.2, 0) is 18.1 Å². The van der Waals surface area contributed by atoms with Crippen LogP contribution in [0.5, 0.6) is 0 Å². The summed E-state index contributed by atoms with van der Waals surface area (Å²) in [5.74, 6) is -4.76. The van der Waals surface area contributed by atoms with E-state index in [1.165, 1.54) is 0 Å². The lowest BCUT2D eigenvalue weighted by Gasteiger charge is -2.35. The van der Waals surface area contributed by atoms with E-state index in [0.29, 0.717) is 0 Å². The van der Waals surface area contributed by atoms with Crippen LogP contribution in [-0.4, -0.2) is 42.5 Å². The first-order chi connectivity index (χ1) is 4.98. The molecule has 0 radical (unpaired) electrons. The van der Waals surface area contributed by atoms with Crippen molar-refractivity contribution in [3.05, 3.63) is 0 Å². The van der Waals surface area contributed by atoms with Crippen LogP contribution in [0.25, 0.3) is 0 Å². The SMILES string of the molecule is O=[Si]1OC(O)(C2(O)OC2O)O1. The number of ether oxygens (including phenoxy) is 1. The van der Waals surface area contributed by atoms with Gasteiger partial charge in [-0.2, -0.15) is 0 Å². The van der Waals surface area contributed by atoms with E-state index in [1.807, 2.05) is 0 Å². The van der Waals surface area contributed by atoms with Crippen molar-refractivity contribution in [3.8, 4) is 0 Å². The summed E-state index contributed by atoms with van der Waals surface area (Å²) < 4.78 is 22.7. The van der Waals surface area contributed by atoms with Gasteiger partial charge in [-0.25, -0.2) is 0 Å². The monoisotopic (exact) mass is 180 g/mol. The first-order valence-corrected chi connectivity index (χ1v) is 3.93. The average molecular weight is 180 g/mol. The Balaban J connectivity index is 2.12. The lowest BCUT2D eigenvalue weighted by atomic mass is 10.3. The Morgan fingerprint density at radius 1 is 1.36 bits per heavy atom. The zero-order valence-electron chi connectivity index (χ0n) is 5.05. The zero-order chi connectivity index (χ0) is 8.28. The molecule has 0 aliphatic carbocycles. The van der Waals surface area contributed by atoms with E-state index in [2.05, 4.69) is 13.6 Å². The van der Waals surface area contributed by atoms with Crippen molar-refractivity contribution >= 4 is 9.17 Å². The van der Waals surface area contributed by atoms with Gasteiger partial charge in [0.05, 0.1) is 0 Å². The third kappa shape index (κ3) is 0.698. The second-order valence-electron chi connectivity index (χ2n) is 2.20. The van der Waals surface area contributed by atoms with Crippen molar-refractivity contribution in [2.24, 2.45) is 0 Å². The molecule has 3 N–H and O–H groups in total. The molecule has 2 unspecified atom stereocenters. The average Bonchev–Trinajstić information content (AvgIpc) is 2.39. The van der Waals surface area contributed by atoms with Crippen molar-refractivity contribution in [2.45, 2.75) is 18.1 Å². The van der Waals surface area contributed by atoms with Crippen molar-refractivity contribution < 1.29 is 33.4 Å². The zero-order valence-corrected chi connectivity index (χ0v) is 6.05. The van der Waals surface area contributed by atoms with Crippen molar-refractivity contribution in [2.75, 3.05) is 0 Å². The summed E-state index contributed by atoms with van der Waals surface area (Å²) in [4.78, 5) is 0. The number of epoxide rings is 1. The predicted molar refractivity (Wildman–Crippen MR) is 25.6 cm³/mol. The number of hydrogen-bond donors (Lipinski definition) is 3. The van der Waals surface area contributed by atoms with Gasteiger partial charge >= 0.3 is 20.9 Å². The van der Waals surface area contributed by atoms with Gasteiger partial charge in [-0.05, 0) is 0 Å². The highest BCUT2D eigenvalue weighted by Gasteiger charge is 2.79. The van der Waals surface area contributed by atoms with Crippen LogP contribution >= 0.6 is 0 Å². The normalized spacial score (nSPS) is 45.4. The topological polar surface area (TPSA) is 109 Å². The fourth-order valence-corrected chi connectivity index (χ4v) is 1.51. The van der Waals surface area contributed by atoms with Crippen LogP contribution in [0, 0.1) is 0 Å². The summed E-state index contributed by atoms with van der Waals surface area (Å²) >= 11 is 0. The molecule has 0 bridgehead atoms. The van der Waals surface area contributed by atoms with Gasteiger partial charge < -0.3 is 28.9 Å². The van der Waals surface area contributed by atoms with Gasteiger partial charge in [0.15, 0.2) is 0 Å². The molecule has 8 heteroatoms. The highest BCUT2D eigenvalue weighted by molar-refractivity contribution is 6.29. The first-order valence-electron chi connectivity index (χ1n) is 2.70. The maximum Gasteiger partial charge on any atom is 0.776 e. The molecule has 0 aromatic rings. The van der Waals surface area contributed by atoms with Crippen LogP contribution in [0.3, 0.4) is 0 Å². The van der Waals surface area contributed by atoms with Crippen molar-refractivity contribution in [1.82, 2.24) is 0 Å². The molecule has 0 saturated carbocycles. The first kappa shape index (κ1) is 7.12. The standard InChI is InChI=1S/C3H4O7Si/c4-1-2(5,8-1)3(6)9-11(7)10-3/h1,4-6H. The van der Waals surface area contributed by atoms with E-state index < -0.39 is 27.2 Å². The molecule has 2 aliphatic rings. The van der Waals surface area contributed by atoms with Gasteiger partial charge in [0.2, 0.25) is 6.29 Å². The molecule has 2 aliphatic heterocycles. The Morgan fingerprint density at radius 3 is 2.09 bits per heavy atom. The van der Waals surface area contributed by atoms with Gasteiger partial charge in [-0.15, -0.1) is 0 Å². The molecule has 2 rings (SSSR count). The van der Waals surface area contributed by atoms with E-state index in [0.717, 1.165) is 0 Å². The number of rotatable bonds is 1. The van der Waals surface area contributed by atoms with Crippen LogP contribution < -0.4 is 0 Å². The minimum atomic E-state index is -2.72. The van der Waals surface area contributed by atoms with E-state index in [9.17, 15) is 4.46 Å². The molecule has 0 aromatic heterocycles. The maximum atomic E-state index is 10.2. The highest BCUT2D eigenvalue weighted by Crippen LogP contribution is 2.46. The van der Waals surface area contributed by atoms with Crippen molar-refractivity contribution in [1.29, 1.82) is 0 Å². The third-order valence-electron chi connectivity index (χ3n) is 1.46. The predicted octanol–water partition coefficient (Wildman–Crippen LogP) is -2.87. The molecule has 0 aromatic carbocycles. The van der Waals surface area contributed by atoms with E-state index in [-0.39, 0.29) is 0 Å². The number of aliphatic hydroxyl groups excluding tert-OH is 1. The summed E-state index contributed by atoms with van der Waals surface area (Å²) in [6.07, 6.45) is -1.57. The molecule has 62 valence electrons. The summed E-state index contributed by atoms with van der Waals surface area (Å²) in [6, 6.07) is 0. The second kappa shape index (κ2) is 1.62. The molecular formula is C3H4O7Si. The summed E-state index contributed by atoms with van der Waals surface area (Å²) in [6.45, 7) is 0. The van der Waals surface area contributed by atoms with Gasteiger partial charge in [-0.1, -0.05) is 0 Å². The molecule has 2 saturated heterocycles. The summed E-state index contributed by atoms with van der Waals surface area (Å²) in [5, 5.41) is 26.6. The Morgan fingerprint density at radius 2 is 1.82 bits per heavy atom. The smallest absolute Gasteiger partial charge is 0.431 e. The largest absolute Gasteiger partial charge is 0.776 e. The van der Waals surface area contributed by atoms with Gasteiger partial charge in [0.1, 0.15) is 0 Å². The fraction of sp³-hybridized carbons (Fsp3) is 1.00. The van der Waals surface area contributed by atoms with Crippen LogP contribution in [0.1, 0.15) is 0 Å². The van der Waals surface area contributed by atoms with Crippen molar-refractivity contribution in [3.63, 3.8) is 0 Å². The van der Waals surface area contributed by atoms with E-state index >= 15 is 0 Å². The molecule has 7 nitrogen and oxygen atoms in total. The molecule has 11 heavy (non-hydrogen) atoms. The third-order valence-corrected chi connectivity index (χ3v) is 2.35. The van der Waals surface area contributed by atoms with Gasteiger partial charge in [-0.3, -0.25) is 4.46 Å². The van der Waals surface area contributed by atoms with E-state index in [4.69, 9.17) is 15.3 Å². The number of hydrogen-bond acceptors (Lipinski definition) is 7. The van der Waals surface area contributed by atoms with Crippen LogP contribution in [0.15, 0.2) is 0 Å². The summed E-state index contributed by atoms with van der Waals surface area (Å²) in [7, 11) is -2.72. The highest BCUT2D eigenvalue weighted by atomic mass is 28.3. The Kier molecular flexibility index (Phi) is 1.05. The minimum Gasteiger partial charge on any atom is -0.431 e. The molecular weight excluding hydrogens is 176 g/mol. The Hall–Kier alpha value is -0.543. The lowest BCUT2D eigenvalue weighted by Crippen LogP contribution is -2.63.